The van der Waals surface area contributed by atoms with Gasteiger partial charge in [-0.2, -0.15) is 0 Å². The van der Waals surface area contributed by atoms with Crippen LogP contribution >= 0.6 is 0 Å². The molecule has 0 unspecified atom stereocenters. The molecule has 1 N–H and O–H groups in total. The highest BCUT2D eigenvalue weighted by Crippen LogP contribution is 2.21. The van der Waals surface area contributed by atoms with Crippen molar-refractivity contribution in [2.45, 2.75) is 26.4 Å². The van der Waals surface area contributed by atoms with E-state index < -0.39 is 11.7 Å². The van der Waals surface area contributed by atoms with Crippen molar-refractivity contribution in [1.82, 2.24) is 4.90 Å². The molecular weight excluding hydrogens is 275 g/mol. The molecule has 1 heterocycles. The summed E-state index contributed by atoms with van der Waals surface area (Å²) in [6, 6.07) is 5.56. The van der Waals surface area contributed by atoms with Gasteiger partial charge in [0.25, 0.3) is 0 Å². The minimum absolute atomic E-state index is 0.179. The number of carbonyl (C=O) groups excluding carboxylic acids is 2. The molecule has 2 rings (SSSR count). The van der Waals surface area contributed by atoms with Crippen LogP contribution in [0.25, 0.3) is 0 Å². The number of carbonyl (C=O) groups is 2. The summed E-state index contributed by atoms with van der Waals surface area (Å²) in [5.41, 5.74) is -0.00412. The van der Waals surface area contributed by atoms with Crippen LogP contribution < -0.4 is 5.32 Å². The van der Waals surface area contributed by atoms with Gasteiger partial charge < -0.3 is 15.0 Å². The van der Waals surface area contributed by atoms with Gasteiger partial charge in [0.2, 0.25) is 5.91 Å². The second-order valence-corrected chi connectivity index (χ2v) is 6.08. The van der Waals surface area contributed by atoms with Crippen molar-refractivity contribution in [2.24, 2.45) is 5.92 Å². The maximum atomic E-state index is 12.8. The number of hydrogen-bond acceptors (Lipinski definition) is 3. The lowest BCUT2D eigenvalue weighted by molar-refractivity contribution is -0.124. The van der Waals surface area contributed by atoms with Crippen molar-refractivity contribution in [3.05, 3.63) is 30.1 Å². The fraction of sp³-hybridized carbons (Fsp3) is 0.467. The van der Waals surface area contributed by atoms with E-state index in [2.05, 4.69) is 5.32 Å². The van der Waals surface area contributed by atoms with Gasteiger partial charge >= 0.3 is 6.09 Å². The lowest BCUT2D eigenvalue weighted by atomic mass is 10.00. The Bertz CT molecular complexity index is 531. The van der Waals surface area contributed by atoms with E-state index in [4.69, 9.17) is 4.74 Å². The number of nitrogens with zero attached hydrogens (tertiary/aromatic N) is 1. The summed E-state index contributed by atoms with van der Waals surface area (Å²) in [5, 5.41) is 2.69. The van der Waals surface area contributed by atoms with E-state index in [1.54, 1.807) is 20.8 Å². The first-order valence-electron chi connectivity index (χ1n) is 6.79. The van der Waals surface area contributed by atoms with Gasteiger partial charge in [0, 0.05) is 18.8 Å². The molecule has 1 aromatic rings. The number of halogens is 1. The Balaban J connectivity index is 1.80. The van der Waals surface area contributed by atoms with Gasteiger partial charge in [-0.1, -0.05) is 0 Å². The Morgan fingerprint density at radius 3 is 2.33 bits per heavy atom. The van der Waals surface area contributed by atoms with E-state index >= 15 is 0 Å². The largest absolute Gasteiger partial charge is 0.444 e. The molecular formula is C15H19FN2O3. The predicted molar refractivity (Wildman–Crippen MR) is 76.3 cm³/mol. The molecule has 114 valence electrons. The van der Waals surface area contributed by atoms with Crippen molar-refractivity contribution in [3.8, 4) is 0 Å². The number of benzene rings is 1. The molecule has 1 aromatic carbocycles. The zero-order valence-electron chi connectivity index (χ0n) is 12.4. The Morgan fingerprint density at radius 1 is 1.24 bits per heavy atom. The first-order chi connectivity index (χ1) is 9.74. The topological polar surface area (TPSA) is 58.6 Å². The SMILES string of the molecule is CC(C)(C)OC(=O)N1CC(C(=O)Nc2ccc(F)cc2)C1. The van der Waals surface area contributed by atoms with Gasteiger partial charge in [0.05, 0.1) is 5.92 Å². The fourth-order valence-electron chi connectivity index (χ4n) is 1.90. The zero-order valence-corrected chi connectivity index (χ0v) is 12.4. The van der Waals surface area contributed by atoms with Crippen LogP contribution in [0, 0.1) is 11.7 Å². The van der Waals surface area contributed by atoms with Crippen LogP contribution in [0.1, 0.15) is 20.8 Å². The number of likely N-dealkylation sites (tertiary alicyclic amines) is 1. The maximum Gasteiger partial charge on any atom is 0.410 e. The number of ether oxygens (including phenoxy) is 1. The quantitative estimate of drug-likeness (QED) is 0.912. The Kier molecular flexibility index (Phi) is 4.16. The summed E-state index contributed by atoms with van der Waals surface area (Å²) in [6.07, 6.45) is -0.409. The summed E-state index contributed by atoms with van der Waals surface area (Å²) in [4.78, 5) is 25.2. The van der Waals surface area contributed by atoms with Gasteiger partial charge in [0.1, 0.15) is 11.4 Å². The predicted octanol–water partition coefficient (Wildman–Crippen LogP) is 2.63. The standard InChI is InChI=1S/C15H19FN2O3/c1-15(2,3)21-14(20)18-8-10(9-18)13(19)17-12-6-4-11(16)5-7-12/h4-7,10H,8-9H2,1-3H3,(H,17,19). The van der Waals surface area contributed by atoms with Crippen LogP contribution in [0.15, 0.2) is 24.3 Å². The van der Waals surface area contributed by atoms with Crippen molar-refractivity contribution in [2.75, 3.05) is 18.4 Å². The monoisotopic (exact) mass is 294 g/mol. The Hall–Kier alpha value is -2.11. The smallest absolute Gasteiger partial charge is 0.410 e. The minimum Gasteiger partial charge on any atom is -0.444 e. The van der Waals surface area contributed by atoms with Gasteiger partial charge in [-0.05, 0) is 45.0 Å². The van der Waals surface area contributed by atoms with Crippen LogP contribution in [0.3, 0.4) is 0 Å². The average Bonchev–Trinajstić information content (AvgIpc) is 2.27. The summed E-state index contributed by atoms with van der Waals surface area (Å²) < 4.78 is 18.0. The van der Waals surface area contributed by atoms with Crippen LogP contribution in [0.5, 0.6) is 0 Å². The number of anilines is 1. The van der Waals surface area contributed by atoms with Gasteiger partial charge in [-0.3, -0.25) is 4.79 Å². The molecule has 0 spiro atoms. The third kappa shape index (κ3) is 4.18. The van der Waals surface area contributed by atoms with Crippen molar-refractivity contribution < 1.29 is 18.7 Å². The van der Waals surface area contributed by atoms with E-state index in [1.165, 1.54) is 29.2 Å². The maximum absolute atomic E-state index is 12.8. The lowest BCUT2D eigenvalue weighted by Gasteiger charge is -2.38. The number of amides is 2. The lowest BCUT2D eigenvalue weighted by Crippen LogP contribution is -2.55. The highest BCUT2D eigenvalue weighted by atomic mass is 19.1. The van der Waals surface area contributed by atoms with Crippen molar-refractivity contribution in [3.63, 3.8) is 0 Å². The number of nitrogens with one attached hydrogen (secondary N) is 1. The molecule has 0 radical (unpaired) electrons. The van der Waals surface area contributed by atoms with E-state index in [9.17, 15) is 14.0 Å². The average molecular weight is 294 g/mol. The molecule has 5 nitrogen and oxygen atoms in total. The van der Waals surface area contributed by atoms with Crippen molar-refractivity contribution >= 4 is 17.7 Å². The van der Waals surface area contributed by atoms with Crippen LogP contribution in [0.2, 0.25) is 0 Å². The van der Waals surface area contributed by atoms with Crippen molar-refractivity contribution in [1.29, 1.82) is 0 Å². The first kappa shape index (κ1) is 15.3. The second kappa shape index (κ2) is 5.71. The third-order valence-corrected chi connectivity index (χ3v) is 3.02. The summed E-state index contributed by atoms with van der Waals surface area (Å²) in [7, 11) is 0. The summed E-state index contributed by atoms with van der Waals surface area (Å²) >= 11 is 0. The number of hydrogen-bond donors (Lipinski definition) is 1. The van der Waals surface area contributed by atoms with Gasteiger partial charge in [-0.15, -0.1) is 0 Å². The molecule has 2 amide bonds. The molecule has 1 aliphatic rings. The molecule has 1 fully saturated rings. The van der Waals surface area contributed by atoms with E-state index in [0.717, 1.165) is 0 Å². The summed E-state index contributed by atoms with van der Waals surface area (Å²) in [6.45, 7) is 6.06. The van der Waals surface area contributed by atoms with E-state index in [0.29, 0.717) is 18.8 Å². The molecule has 6 heteroatoms. The molecule has 1 saturated heterocycles. The Morgan fingerprint density at radius 2 is 1.81 bits per heavy atom. The van der Waals surface area contributed by atoms with E-state index in [1.807, 2.05) is 0 Å². The highest BCUT2D eigenvalue weighted by molar-refractivity contribution is 5.94. The van der Waals surface area contributed by atoms with Gasteiger partial charge in [-0.25, -0.2) is 9.18 Å². The number of rotatable bonds is 2. The molecule has 0 saturated carbocycles. The Labute approximate surface area is 123 Å². The van der Waals surface area contributed by atoms with Gasteiger partial charge in [0.15, 0.2) is 0 Å². The second-order valence-electron chi connectivity index (χ2n) is 6.08. The molecule has 21 heavy (non-hydrogen) atoms. The minimum atomic E-state index is -0.543. The van der Waals surface area contributed by atoms with Crippen LogP contribution in [-0.2, 0) is 9.53 Å². The molecule has 0 bridgehead atoms. The normalized spacial score (nSPS) is 15.3. The fourth-order valence-corrected chi connectivity index (χ4v) is 1.90. The molecule has 0 aliphatic carbocycles. The molecule has 1 aliphatic heterocycles. The first-order valence-corrected chi connectivity index (χ1v) is 6.79. The highest BCUT2D eigenvalue weighted by Gasteiger charge is 2.37. The molecule has 0 atom stereocenters. The zero-order chi connectivity index (χ0) is 15.6. The molecule has 0 aromatic heterocycles. The van der Waals surface area contributed by atoms with Crippen LogP contribution in [0.4, 0.5) is 14.9 Å². The summed E-state index contributed by atoms with van der Waals surface area (Å²) in [5.74, 6) is -0.795. The van der Waals surface area contributed by atoms with Crippen LogP contribution in [-0.4, -0.2) is 35.6 Å². The third-order valence-electron chi connectivity index (χ3n) is 3.02. The van der Waals surface area contributed by atoms with E-state index in [-0.39, 0.29) is 17.6 Å².